The third-order valence-electron chi connectivity index (χ3n) is 8.07. The summed E-state index contributed by atoms with van der Waals surface area (Å²) in [6, 6.07) is 16.4. The van der Waals surface area contributed by atoms with Crippen LogP contribution in [-0.4, -0.2) is 57.1 Å². The molecule has 39 heavy (non-hydrogen) atoms. The molecule has 1 saturated heterocycles. The Bertz CT molecular complexity index is 1560. The first-order valence-corrected chi connectivity index (χ1v) is 14.4. The van der Waals surface area contributed by atoms with E-state index in [2.05, 4.69) is 35.1 Å². The van der Waals surface area contributed by atoms with E-state index < -0.39 is 10.2 Å². The van der Waals surface area contributed by atoms with Gasteiger partial charge in [-0.25, -0.2) is 4.79 Å². The van der Waals surface area contributed by atoms with Gasteiger partial charge in [0.1, 0.15) is 11.5 Å². The van der Waals surface area contributed by atoms with Crippen LogP contribution in [0.1, 0.15) is 44.9 Å². The van der Waals surface area contributed by atoms with Crippen molar-refractivity contribution in [2.45, 2.75) is 38.1 Å². The Morgan fingerprint density at radius 2 is 1.51 bits per heavy atom. The van der Waals surface area contributed by atoms with Gasteiger partial charge in [-0.15, -0.1) is 10.3 Å². The van der Waals surface area contributed by atoms with E-state index in [1.165, 1.54) is 22.3 Å². The lowest BCUT2D eigenvalue weighted by atomic mass is 9.93. The molecule has 0 unspecified atom stereocenters. The lowest BCUT2D eigenvalue weighted by Gasteiger charge is -2.35. The number of nitrogens with zero attached hydrogens (tertiary/aromatic N) is 2. The van der Waals surface area contributed by atoms with Crippen molar-refractivity contribution in [3.63, 3.8) is 0 Å². The molecule has 0 radical (unpaired) electrons. The van der Waals surface area contributed by atoms with Gasteiger partial charge in [0.15, 0.2) is 0 Å². The van der Waals surface area contributed by atoms with Crippen molar-refractivity contribution in [1.29, 1.82) is 0 Å². The molecule has 0 aromatic heterocycles. The van der Waals surface area contributed by atoms with Crippen LogP contribution in [-0.2, 0) is 21.5 Å². The predicted molar refractivity (Wildman–Crippen MR) is 149 cm³/mol. The molecule has 5 rings (SSSR count). The first-order valence-electron chi connectivity index (χ1n) is 13.0. The molecular formula is C31H31FN2O4S. The zero-order valence-corrected chi connectivity index (χ0v) is 23.1. The van der Waals surface area contributed by atoms with Gasteiger partial charge in [0.25, 0.3) is 0 Å². The molecule has 0 atom stereocenters. The van der Waals surface area contributed by atoms with Crippen molar-refractivity contribution in [3.05, 3.63) is 87.5 Å². The Morgan fingerprint density at radius 3 is 2.05 bits per heavy atom. The van der Waals surface area contributed by atoms with Crippen LogP contribution in [0.15, 0.2) is 53.4 Å². The fourth-order valence-corrected chi connectivity index (χ4v) is 7.02. The number of carbonyl (C=O) groups excluding carboxylic acids is 1. The highest BCUT2D eigenvalue weighted by Gasteiger charge is 2.31. The fourth-order valence-electron chi connectivity index (χ4n) is 6.06. The summed E-state index contributed by atoms with van der Waals surface area (Å²) in [5.41, 5.74) is 7.23. The van der Waals surface area contributed by atoms with E-state index in [-0.39, 0.29) is 29.1 Å². The zero-order chi connectivity index (χ0) is 27.9. The summed E-state index contributed by atoms with van der Waals surface area (Å²) in [6.07, 6.45) is 5.31. The van der Waals surface area contributed by atoms with E-state index in [0.717, 1.165) is 5.56 Å². The average Bonchev–Trinajstić information content (AvgIpc) is 3.23. The van der Waals surface area contributed by atoms with Crippen LogP contribution < -0.4 is 0 Å². The summed E-state index contributed by atoms with van der Waals surface area (Å²) >= 11 is 0. The highest BCUT2D eigenvalue weighted by molar-refractivity contribution is 7.86. The Hall–Kier alpha value is -3.67. The van der Waals surface area contributed by atoms with Gasteiger partial charge in [-0.3, -0.25) is 4.90 Å². The van der Waals surface area contributed by atoms with Crippen LogP contribution in [0.2, 0.25) is 0 Å². The number of halogens is 1. The molecule has 1 aliphatic heterocycles. The van der Waals surface area contributed by atoms with Crippen molar-refractivity contribution in [3.8, 4) is 23.5 Å². The lowest BCUT2D eigenvalue weighted by Crippen LogP contribution is -2.48. The number of carbonyl (C=O) groups is 1. The number of rotatable bonds is 5. The summed E-state index contributed by atoms with van der Waals surface area (Å²) in [5, 5.41) is 0. The van der Waals surface area contributed by atoms with Crippen molar-refractivity contribution < 1.29 is 21.8 Å². The number of hydrogen-bond acceptors (Lipinski definition) is 5. The first-order chi connectivity index (χ1) is 18.6. The topological polar surface area (TPSA) is 66.9 Å². The molecule has 0 spiro atoms. The van der Waals surface area contributed by atoms with E-state index in [1.807, 2.05) is 31.2 Å². The van der Waals surface area contributed by atoms with E-state index in [1.54, 1.807) is 18.7 Å². The highest BCUT2D eigenvalue weighted by Crippen LogP contribution is 2.44. The van der Waals surface area contributed by atoms with Crippen molar-refractivity contribution in [2.24, 2.45) is 0 Å². The van der Waals surface area contributed by atoms with Gasteiger partial charge in [0.05, 0.1) is 0 Å². The lowest BCUT2D eigenvalue weighted by molar-refractivity contribution is 0.0727. The van der Waals surface area contributed by atoms with Crippen LogP contribution in [0.5, 0.6) is 0 Å². The Kier molecular flexibility index (Phi) is 7.23. The first kappa shape index (κ1) is 26.9. The molecule has 3 aromatic rings. The van der Waals surface area contributed by atoms with E-state index in [0.29, 0.717) is 49.4 Å². The summed E-state index contributed by atoms with van der Waals surface area (Å²) in [6.45, 7) is 7.76. The van der Waals surface area contributed by atoms with E-state index in [9.17, 15) is 17.1 Å². The summed E-state index contributed by atoms with van der Waals surface area (Å²) in [7, 11) is -4.93. The molecular weight excluding hydrogens is 515 g/mol. The molecule has 0 bridgehead atoms. The maximum atomic E-state index is 14.2. The number of terminal acetylenes is 1. The quantitative estimate of drug-likeness (QED) is 0.320. The van der Waals surface area contributed by atoms with Crippen LogP contribution in [0.4, 0.5) is 8.68 Å². The van der Waals surface area contributed by atoms with Gasteiger partial charge in [-0.2, -0.15) is 8.42 Å². The van der Waals surface area contributed by atoms with Crippen molar-refractivity contribution >= 4 is 16.3 Å². The molecule has 6 nitrogen and oxygen atoms in total. The summed E-state index contributed by atoms with van der Waals surface area (Å²) < 4.78 is 43.8. The number of amides is 1. The molecule has 0 N–H and O–H groups in total. The molecule has 202 valence electrons. The smallest absolute Gasteiger partial charge is 0.409 e. The minimum Gasteiger partial charge on any atom is -0.448 e. The number of fused-ring (bicyclic) bond motifs is 3. The van der Waals surface area contributed by atoms with E-state index in [4.69, 9.17) is 11.2 Å². The van der Waals surface area contributed by atoms with Gasteiger partial charge in [0.2, 0.25) is 0 Å². The molecule has 1 heterocycles. The number of benzene rings is 3. The van der Waals surface area contributed by atoms with Gasteiger partial charge >= 0.3 is 16.3 Å². The van der Waals surface area contributed by atoms with E-state index >= 15 is 0 Å². The minimum absolute atomic E-state index is 0.00135. The third kappa shape index (κ3) is 4.93. The third-order valence-corrected chi connectivity index (χ3v) is 9.17. The number of piperazine rings is 1. The Labute approximate surface area is 229 Å². The second kappa shape index (κ2) is 10.5. The highest BCUT2D eigenvalue weighted by atomic mass is 32.3. The molecule has 2 aliphatic rings. The predicted octanol–water partition coefficient (Wildman–Crippen LogP) is 5.32. The minimum atomic E-state index is -4.93. The molecule has 1 fully saturated rings. The second-order valence-corrected chi connectivity index (χ2v) is 11.5. The molecule has 8 heteroatoms. The molecule has 1 aliphatic carbocycles. The van der Waals surface area contributed by atoms with Crippen LogP contribution >= 0.6 is 0 Å². The van der Waals surface area contributed by atoms with Crippen LogP contribution in [0.3, 0.4) is 0 Å². The van der Waals surface area contributed by atoms with Gasteiger partial charge < -0.3 is 9.64 Å². The summed E-state index contributed by atoms with van der Waals surface area (Å²) in [5.74, 6) is 2.53. The molecule has 0 saturated carbocycles. The fraction of sp³-hybridized carbons (Fsp3) is 0.323. The van der Waals surface area contributed by atoms with Crippen molar-refractivity contribution in [2.75, 3.05) is 32.8 Å². The normalized spacial score (nSPS) is 15.5. The van der Waals surface area contributed by atoms with Crippen LogP contribution in [0, 0.1) is 33.1 Å². The SMILES string of the molecule is C#Cc1c(C)c(CN2CCN(C(=O)OCC3c4ccccc4-c4ccccc43)CC2)c(C)c(S(=O)(=O)F)c1C. The number of ether oxygens (including phenoxy) is 1. The second-order valence-electron chi connectivity index (χ2n) is 10.2. The van der Waals surface area contributed by atoms with Gasteiger partial charge in [-0.1, -0.05) is 54.5 Å². The van der Waals surface area contributed by atoms with Gasteiger partial charge in [0, 0.05) is 44.2 Å². The Balaban J connectivity index is 1.24. The standard InChI is InChI=1S/C31H31FN2O4S/c1-5-23-20(2)28(22(4)30(21(23)3)39(32,36)37)18-33-14-16-34(17-15-33)31(35)38-19-29-26-12-8-6-10-24(26)25-11-7-9-13-27(25)29/h1,6-13,29H,14-19H2,2-4H3. The molecule has 1 amide bonds. The largest absolute Gasteiger partial charge is 0.448 e. The Morgan fingerprint density at radius 1 is 0.949 bits per heavy atom. The van der Waals surface area contributed by atoms with Gasteiger partial charge in [-0.05, 0) is 65.3 Å². The van der Waals surface area contributed by atoms with Crippen molar-refractivity contribution in [1.82, 2.24) is 9.80 Å². The number of hydrogen-bond donors (Lipinski definition) is 0. The zero-order valence-electron chi connectivity index (χ0n) is 22.3. The monoisotopic (exact) mass is 546 g/mol. The maximum Gasteiger partial charge on any atom is 0.409 e. The summed E-state index contributed by atoms with van der Waals surface area (Å²) in [4.78, 5) is 16.5. The maximum absolute atomic E-state index is 14.2. The average molecular weight is 547 g/mol. The molecule has 3 aromatic carbocycles. The van der Waals surface area contributed by atoms with Crippen LogP contribution in [0.25, 0.3) is 11.1 Å².